The molecule has 1 aromatic rings. The Labute approximate surface area is 121 Å². The molecule has 18 heavy (non-hydrogen) atoms. The van der Waals surface area contributed by atoms with Crippen molar-refractivity contribution in [2.24, 2.45) is 11.8 Å². The number of hydrogen-bond acceptors (Lipinski definition) is 1. The van der Waals surface area contributed by atoms with Gasteiger partial charge in [-0.3, -0.25) is 0 Å². The van der Waals surface area contributed by atoms with Crippen LogP contribution in [-0.2, 0) is 6.42 Å². The fraction of sp³-hybridized carbons (Fsp3) is 0.600. The zero-order valence-corrected chi connectivity index (χ0v) is 13.0. The lowest BCUT2D eigenvalue weighted by molar-refractivity contribution is 0.474. The first-order valence-corrected chi connectivity index (χ1v) is 7.40. The number of hydrogen-bond donors (Lipinski definition) is 1. The SMILES string of the molecule is CC(C)CNCCC(C)Cc1c(Cl)cccc1Cl. The molecular weight excluding hydrogens is 265 g/mol. The summed E-state index contributed by atoms with van der Waals surface area (Å²) in [5.41, 5.74) is 1.08. The van der Waals surface area contributed by atoms with Gasteiger partial charge >= 0.3 is 0 Å². The molecule has 0 saturated carbocycles. The van der Waals surface area contributed by atoms with Gasteiger partial charge in [0.15, 0.2) is 0 Å². The molecule has 1 unspecified atom stereocenters. The minimum atomic E-state index is 0.585. The second kappa shape index (κ2) is 8.04. The number of nitrogens with one attached hydrogen (secondary N) is 1. The Bertz CT molecular complexity index is 343. The molecule has 0 aliphatic heterocycles. The van der Waals surface area contributed by atoms with E-state index in [2.05, 4.69) is 26.1 Å². The van der Waals surface area contributed by atoms with Crippen LogP contribution >= 0.6 is 23.2 Å². The van der Waals surface area contributed by atoms with Crippen molar-refractivity contribution >= 4 is 23.2 Å². The molecule has 1 aromatic carbocycles. The van der Waals surface area contributed by atoms with Crippen molar-refractivity contribution in [1.82, 2.24) is 5.32 Å². The normalized spacial score (nSPS) is 13.0. The van der Waals surface area contributed by atoms with Gasteiger partial charge in [0.25, 0.3) is 0 Å². The standard InChI is InChI=1S/C15H23Cl2N/c1-11(2)10-18-8-7-12(3)9-13-14(16)5-4-6-15(13)17/h4-6,11-12,18H,7-10H2,1-3H3. The molecule has 1 rings (SSSR count). The Balaban J connectivity index is 2.38. The smallest absolute Gasteiger partial charge is 0.0452 e. The summed E-state index contributed by atoms with van der Waals surface area (Å²) in [5.74, 6) is 1.29. The molecule has 0 amide bonds. The Hall–Kier alpha value is -0.240. The summed E-state index contributed by atoms with van der Waals surface area (Å²) in [6.45, 7) is 8.83. The molecule has 0 aliphatic rings. The van der Waals surface area contributed by atoms with E-state index in [0.29, 0.717) is 11.8 Å². The van der Waals surface area contributed by atoms with E-state index in [9.17, 15) is 0 Å². The van der Waals surface area contributed by atoms with Crippen LogP contribution in [0, 0.1) is 11.8 Å². The van der Waals surface area contributed by atoms with Gasteiger partial charge in [-0.05, 0) is 55.5 Å². The lowest BCUT2D eigenvalue weighted by Crippen LogP contribution is -2.22. The molecule has 102 valence electrons. The average molecular weight is 288 g/mol. The summed E-state index contributed by atoms with van der Waals surface area (Å²) >= 11 is 12.4. The van der Waals surface area contributed by atoms with E-state index in [1.54, 1.807) is 0 Å². The van der Waals surface area contributed by atoms with Crippen molar-refractivity contribution in [3.05, 3.63) is 33.8 Å². The highest BCUT2D eigenvalue weighted by Crippen LogP contribution is 2.27. The highest BCUT2D eigenvalue weighted by Gasteiger charge is 2.10. The predicted molar refractivity (Wildman–Crippen MR) is 81.7 cm³/mol. The molecule has 1 nitrogen and oxygen atoms in total. The molecule has 0 fully saturated rings. The van der Waals surface area contributed by atoms with Gasteiger partial charge < -0.3 is 5.32 Å². The molecule has 0 spiro atoms. The highest BCUT2D eigenvalue weighted by molar-refractivity contribution is 6.35. The van der Waals surface area contributed by atoms with Crippen LogP contribution < -0.4 is 5.32 Å². The topological polar surface area (TPSA) is 12.0 Å². The van der Waals surface area contributed by atoms with E-state index >= 15 is 0 Å². The summed E-state index contributed by atoms with van der Waals surface area (Å²) < 4.78 is 0. The van der Waals surface area contributed by atoms with Crippen LogP contribution in [0.2, 0.25) is 10.0 Å². The van der Waals surface area contributed by atoms with Crippen molar-refractivity contribution in [3.63, 3.8) is 0 Å². The maximum Gasteiger partial charge on any atom is 0.0452 e. The summed E-state index contributed by atoms with van der Waals surface area (Å²) in [7, 11) is 0. The monoisotopic (exact) mass is 287 g/mol. The van der Waals surface area contributed by atoms with Crippen molar-refractivity contribution in [2.75, 3.05) is 13.1 Å². The zero-order valence-electron chi connectivity index (χ0n) is 11.5. The lowest BCUT2D eigenvalue weighted by atomic mass is 9.98. The third kappa shape index (κ3) is 5.60. The quantitative estimate of drug-likeness (QED) is 0.710. The van der Waals surface area contributed by atoms with Crippen LogP contribution in [-0.4, -0.2) is 13.1 Å². The van der Waals surface area contributed by atoms with Crippen LogP contribution in [0.4, 0.5) is 0 Å². The van der Waals surface area contributed by atoms with E-state index in [1.807, 2.05) is 18.2 Å². The number of rotatable bonds is 7. The molecule has 0 saturated heterocycles. The van der Waals surface area contributed by atoms with Crippen LogP contribution in [0.1, 0.15) is 32.8 Å². The molecule has 1 atom stereocenters. The van der Waals surface area contributed by atoms with Gasteiger partial charge in [-0.2, -0.15) is 0 Å². The van der Waals surface area contributed by atoms with E-state index in [4.69, 9.17) is 23.2 Å². The molecular formula is C15H23Cl2N. The van der Waals surface area contributed by atoms with Crippen LogP contribution in [0.5, 0.6) is 0 Å². The molecule has 0 aliphatic carbocycles. The minimum absolute atomic E-state index is 0.585. The highest BCUT2D eigenvalue weighted by atomic mass is 35.5. The zero-order chi connectivity index (χ0) is 13.5. The second-order valence-electron chi connectivity index (χ2n) is 5.40. The third-order valence-corrected chi connectivity index (χ3v) is 3.69. The maximum absolute atomic E-state index is 6.18. The maximum atomic E-state index is 6.18. The summed E-state index contributed by atoms with van der Waals surface area (Å²) in [5, 5.41) is 5.03. The van der Waals surface area contributed by atoms with Crippen molar-refractivity contribution in [3.8, 4) is 0 Å². The Morgan fingerprint density at radius 3 is 2.28 bits per heavy atom. The fourth-order valence-corrected chi connectivity index (χ4v) is 2.47. The Kier molecular flexibility index (Phi) is 7.06. The van der Waals surface area contributed by atoms with Gasteiger partial charge in [0, 0.05) is 10.0 Å². The molecule has 0 heterocycles. The molecule has 0 aromatic heterocycles. The first-order chi connectivity index (χ1) is 8.50. The number of halogens is 2. The largest absolute Gasteiger partial charge is 0.316 e. The van der Waals surface area contributed by atoms with Gasteiger partial charge in [0.2, 0.25) is 0 Å². The fourth-order valence-electron chi connectivity index (χ4n) is 1.92. The van der Waals surface area contributed by atoms with Gasteiger partial charge in [-0.25, -0.2) is 0 Å². The van der Waals surface area contributed by atoms with Gasteiger partial charge in [-0.1, -0.05) is 50.0 Å². The van der Waals surface area contributed by atoms with E-state index < -0.39 is 0 Å². The van der Waals surface area contributed by atoms with Crippen LogP contribution in [0.3, 0.4) is 0 Å². The lowest BCUT2D eigenvalue weighted by Gasteiger charge is -2.15. The minimum Gasteiger partial charge on any atom is -0.316 e. The second-order valence-corrected chi connectivity index (χ2v) is 6.21. The Morgan fingerprint density at radius 2 is 1.72 bits per heavy atom. The summed E-state index contributed by atoms with van der Waals surface area (Å²) in [6.07, 6.45) is 2.09. The van der Waals surface area contributed by atoms with Crippen molar-refractivity contribution < 1.29 is 0 Å². The molecule has 0 bridgehead atoms. The average Bonchev–Trinajstić information content (AvgIpc) is 2.29. The molecule has 0 radical (unpaired) electrons. The number of benzene rings is 1. The Morgan fingerprint density at radius 1 is 1.11 bits per heavy atom. The predicted octanol–water partition coefficient (Wildman–Crippen LogP) is 4.81. The van der Waals surface area contributed by atoms with Crippen molar-refractivity contribution in [1.29, 1.82) is 0 Å². The van der Waals surface area contributed by atoms with Crippen molar-refractivity contribution in [2.45, 2.75) is 33.6 Å². The summed E-state index contributed by atoms with van der Waals surface area (Å²) in [6, 6.07) is 5.71. The third-order valence-electron chi connectivity index (χ3n) is 2.98. The molecule has 1 N–H and O–H groups in total. The van der Waals surface area contributed by atoms with Crippen LogP contribution in [0.15, 0.2) is 18.2 Å². The van der Waals surface area contributed by atoms with E-state index in [-0.39, 0.29) is 0 Å². The summed E-state index contributed by atoms with van der Waals surface area (Å²) in [4.78, 5) is 0. The van der Waals surface area contributed by atoms with Gasteiger partial charge in [0.1, 0.15) is 0 Å². The van der Waals surface area contributed by atoms with E-state index in [1.165, 1.54) is 0 Å². The molecule has 3 heteroatoms. The first-order valence-electron chi connectivity index (χ1n) is 6.64. The van der Waals surface area contributed by atoms with Crippen LogP contribution in [0.25, 0.3) is 0 Å². The first kappa shape index (κ1) is 15.8. The van der Waals surface area contributed by atoms with Gasteiger partial charge in [0.05, 0.1) is 0 Å². The van der Waals surface area contributed by atoms with Gasteiger partial charge in [-0.15, -0.1) is 0 Å². The van der Waals surface area contributed by atoms with E-state index in [0.717, 1.165) is 41.5 Å².